The summed E-state index contributed by atoms with van der Waals surface area (Å²) in [5.74, 6) is 2.14. The van der Waals surface area contributed by atoms with Crippen molar-refractivity contribution in [2.75, 3.05) is 0 Å². The molecule has 0 spiro atoms. The molecule has 4 aliphatic carbocycles. The maximum atomic E-state index is 12.9. The van der Waals surface area contributed by atoms with E-state index in [2.05, 4.69) is 19.9 Å². The summed E-state index contributed by atoms with van der Waals surface area (Å²) in [6.07, 6.45) is 9.43. The Kier molecular flexibility index (Phi) is 2.40. The fourth-order valence-corrected chi connectivity index (χ4v) is 6.60. The SMILES string of the molecule is C[C@]12C[C@H]3O[C@H]3C[C@@H]1C(=O)C[C@@H]1[C@@H]2CC[C@]2(C)C(=O)C=C[C@@H]12. The van der Waals surface area contributed by atoms with Gasteiger partial charge in [0.2, 0.25) is 0 Å². The predicted octanol–water partition coefficient (Wildman–Crippen LogP) is 2.93. The second-order valence-corrected chi connectivity index (χ2v) is 8.86. The minimum Gasteiger partial charge on any atom is -0.370 e. The number of allylic oxidation sites excluding steroid dienone is 2. The molecule has 3 heteroatoms. The summed E-state index contributed by atoms with van der Waals surface area (Å²) in [5, 5.41) is 0. The number of rotatable bonds is 0. The Bertz CT molecular complexity index is 608. The van der Waals surface area contributed by atoms with Gasteiger partial charge in [0.15, 0.2) is 5.78 Å². The molecule has 8 atom stereocenters. The van der Waals surface area contributed by atoms with Crippen LogP contribution in [-0.2, 0) is 14.3 Å². The third kappa shape index (κ3) is 1.46. The monoisotopic (exact) mass is 300 g/mol. The van der Waals surface area contributed by atoms with Crippen LogP contribution in [0.15, 0.2) is 12.2 Å². The van der Waals surface area contributed by atoms with Crippen molar-refractivity contribution in [3.8, 4) is 0 Å². The van der Waals surface area contributed by atoms with E-state index in [1.807, 2.05) is 0 Å². The van der Waals surface area contributed by atoms with E-state index in [0.29, 0.717) is 36.2 Å². The second-order valence-electron chi connectivity index (χ2n) is 8.86. The van der Waals surface area contributed by atoms with E-state index in [0.717, 1.165) is 25.7 Å². The van der Waals surface area contributed by atoms with Gasteiger partial charge in [-0.15, -0.1) is 0 Å². The molecule has 0 N–H and O–H groups in total. The summed E-state index contributed by atoms with van der Waals surface area (Å²) in [6.45, 7) is 4.46. The lowest BCUT2D eigenvalue weighted by atomic mass is 9.45. The van der Waals surface area contributed by atoms with Crippen LogP contribution in [0.25, 0.3) is 0 Å². The average molecular weight is 300 g/mol. The molecule has 0 amide bonds. The van der Waals surface area contributed by atoms with Crippen LogP contribution in [0.2, 0.25) is 0 Å². The Labute approximate surface area is 131 Å². The van der Waals surface area contributed by atoms with Gasteiger partial charge in [-0.3, -0.25) is 9.59 Å². The van der Waals surface area contributed by atoms with Crippen molar-refractivity contribution in [3.05, 3.63) is 12.2 Å². The summed E-state index contributed by atoms with van der Waals surface area (Å²) in [4.78, 5) is 25.2. The summed E-state index contributed by atoms with van der Waals surface area (Å²) in [5.41, 5.74) is -0.142. The Hall–Kier alpha value is -0.960. The van der Waals surface area contributed by atoms with Crippen LogP contribution in [0.4, 0.5) is 0 Å². The number of carbonyl (C=O) groups excluding carboxylic acids is 2. The molecule has 0 bridgehead atoms. The number of ether oxygens (including phenoxy) is 1. The van der Waals surface area contributed by atoms with Crippen LogP contribution < -0.4 is 0 Å². The van der Waals surface area contributed by atoms with E-state index in [1.54, 1.807) is 6.08 Å². The predicted molar refractivity (Wildman–Crippen MR) is 81.1 cm³/mol. The third-order valence-corrected chi connectivity index (χ3v) is 7.97. The minimum atomic E-state index is -0.238. The Morgan fingerprint density at radius 3 is 2.86 bits per heavy atom. The summed E-state index contributed by atoms with van der Waals surface area (Å²) < 4.78 is 5.77. The average Bonchev–Trinajstić information content (AvgIpc) is 3.14. The second kappa shape index (κ2) is 3.92. The zero-order valence-electron chi connectivity index (χ0n) is 13.4. The number of hydrogen-bond donors (Lipinski definition) is 0. The molecule has 22 heavy (non-hydrogen) atoms. The largest absolute Gasteiger partial charge is 0.370 e. The molecule has 3 nitrogen and oxygen atoms in total. The molecule has 5 aliphatic rings. The van der Waals surface area contributed by atoms with Crippen LogP contribution in [0.5, 0.6) is 0 Å². The van der Waals surface area contributed by atoms with Gasteiger partial charge in [-0.05, 0) is 54.9 Å². The lowest BCUT2D eigenvalue weighted by Crippen LogP contribution is -2.56. The van der Waals surface area contributed by atoms with Gasteiger partial charge in [-0.1, -0.05) is 19.9 Å². The van der Waals surface area contributed by atoms with E-state index in [1.165, 1.54) is 0 Å². The van der Waals surface area contributed by atoms with Crippen molar-refractivity contribution >= 4 is 11.6 Å². The van der Waals surface area contributed by atoms with Gasteiger partial charge in [0.25, 0.3) is 0 Å². The van der Waals surface area contributed by atoms with Gasteiger partial charge in [0, 0.05) is 17.8 Å². The zero-order chi connectivity index (χ0) is 15.3. The van der Waals surface area contributed by atoms with Crippen molar-refractivity contribution in [1.82, 2.24) is 0 Å². The lowest BCUT2D eigenvalue weighted by Gasteiger charge is -2.57. The van der Waals surface area contributed by atoms with Crippen LogP contribution in [0, 0.1) is 34.5 Å². The molecule has 118 valence electrons. The highest BCUT2D eigenvalue weighted by Crippen LogP contribution is 2.65. The molecule has 4 fully saturated rings. The first kappa shape index (κ1) is 13.5. The quantitative estimate of drug-likeness (QED) is 0.646. The zero-order valence-corrected chi connectivity index (χ0v) is 13.4. The maximum absolute atomic E-state index is 12.9. The number of hydrogen-bond acceptors (Lipinski definition) is 3. The fourth-order valence-electron chi connectivity index (χ4n) is 6.60. The molecular formula is C19H24O3. The van der Waals surface area contributed by atoms with Crippen molar-refractivity contribution < 1.29 is 14.3 Å². The first-order valence-electron chi connectivity index (χ1n) is 8.84. The van der Waals surface area contributed by atoms with Crippen molar-refractivity contribution in [3.63, 3.8) is 0 Å². The van der Waals surface area contributed by atoms with Crippen molar-refractivity contribution in [2.24, 2.45) is 34.5 Å². The summed E-state index contributed by atoms with van der Waals surface area (Å²) in [6, 6.07) is 0. The minimum absolute atomic E-state index is 0.0957. The molecule has 3 saturated carbocycles. The van der Waals surface area contributed by atoms with E-state index in [-0.39, 0.29) is 28.4 Å². The van der Waals surface area contributed by atoms with Gasteiger partial charge in [-0.2, -0.15) is 0 Å². The standard InChI is InChI=1S/C19H24O3/c1-18-6-5-12-10(11(18)3-4-17(18)21)7-14(20)13-8-15-16(22-15)9-19(12,13)2/h3-4,10-13,15-16H,5-9H2,1-2H3/t10-,11-,12-,13+,15-,16+,18-,19+/m0/s1. The van der Waals surface area contributed by atoms with Crippen molar-refractivity contribution in [2.45, 2.75) is 58.2 Å². The van der Waals surface area contributed by atoms with Gasteiger partial charge in [0.1, 0.15) is 5.78 Å². The van der Waals surface area contributed by atoms with Crippen LogP contribution in [-0.4, -0.2) is 23.8 Å². The molecule has 1 saturated heterocycles. The Morgan fingerprint density at radius 1 is 1.23 bits per heavy atom. The number of ketones is 2. The lowest BCUT2D eigenvalue weighted by molar-refractivity contribution is -0.152. The number of epoxide rings is 1. The molecule has 1 heterocycles. The molecule has 0 radical (unpaired) electrons. The maximum Gasteiger partial charge on any atom is 0.161 e. The Morgan fingerprint density at radius 2 is 2.05 bits per heavy atom. The first-order valence-corrected chi connectivity index (χ1v) is 8.84. The van der Waals surface area contributed by atoms with Gasteiger partial charge in [-0.25, -0.2) is 0 Å². The van der Waals surface area contributed by atoms with Gasteiger partial charge < -0.3 is 4.74 Å². The van der Waals surface area contributed by atoms with Crippen LogP contribution in [0.1, 0.15) is 46.0 Å². The fraction of sp³-hybridized carbons (Fsp3) is 0.789. The first-order chi connectivity index (χ1) is 10.4. The molecular weight excluding hydrogens is 276 g/mol. The molecule has 0 aromatic heterocycles. The number of carbonyl (C=O) groups is 2. The van der Waals surface area contributed by atoms with Crippen molar-refractivity contribution in [1.29, 1.82) is 0 Å². The molecule has 0 aromatic rings. The Balaban J connectivity index is 1.54. The van der Waals surface area contributed by atoms with E-state index in [4.69, 9.17) is 4.74 Å². The highest BCUT2D eigenvalue weighted by molar-refractivity contribution is 5.98. The normalized spacial score (nSPS) is 58.6. The van der Waals surface area contributed by atoms with Gasteiger partial charge >= 0.3 is 0 Å². The third-order valence-electron chi connectivity index (χ3n) is 7.97. The molecule has 0 aromatic carbocycles. The number of Topliss-reactive ketones (excluding diaryl/α,β-unsaturated/α-hetero) is 1. The molecule has 0 unspecified atom stereocenters. The topological polar surface area (TPSA) is 46.7 Å². The van der Waals surface area contributed by atoms with Crippen LogP contribution >= 0.6 is 0 Å². The highest BCUT2D eigenvalue weighted by atomic mass is 16.6. The smallest absolute Gasteiger partial charge is 0.161 e. The van der Waals surface area contributed by atoms with Crippen LogP contribution in [0.3, 0.4) is 0 Å². The number of fused-ring (bicyclic) bond motifs is 6. The van der Waals surface area contributed by atoms with Gasteiger partial charge in [0.05, 0.1) is 12.2 Å². The summed E-state index contributed by atoms with van der Waals surface area (Å²) in [7, 11) is 0. The summed E-state index contributed by atoms with van der Waals surface area (Å²) >= 11 is 0. The van der Waals surface area contributed by atoms with E-state index >= 15 is 0 Å². The molecule has 5 rings (SSSR count). The molecule has 1 aliphatic heterocycles. The van der Waals surface area contributed by atoms with E-state index < -0.39 is 0 Å². The highest BCUT2D eigenvalue weighted by Gasteiger charge is 2.65. The van der Waals surface area contributed by atoms with E-state index in [9.17, 15) is 9.59 Å².